The van der Waals surface area contributed by atoms with Crippen molar-refractivity contribution < 1.29 is 33.4 Å². The first-order valence-corrected chi connectivity index (χ1v) is 26.8. The predicted octanol–water partition coefficient (Wildman–Crippen LogP) is 8.99. The number of hydrogen-bond donors (Lipinski definition) is 5. The first kappa shape index (κ1) is 45.3. The van der Waals surface area contributed by atoms with E-state index in [0.717, 1.165) is 90.1 Å². The second kappa shape index (κ2) is 16.9. The molecule has 0 saturated heterocycles. The topological polar surface area (TPSA) is 139 Å². The van der Waals surface area contributed by atoms with Crippen molar-refractivity contribution in [1.82, 2.24) is 4.90 Å². The molecule has 0 amide bonds. The number of aliphatic hydroxyl groups excluding tert-OH is 4. The van der Waals surface area contributed by atoms with Gasteiger partial charge in [0.15, 0.2) is 0 Å². The summed E-state index contributed by atoms with van der Waals surface area (Å²) in [5, 5.41) is 44.4. The fraction of sp³-hybridized carbons (Fsp3) is 1.00. The van der Waals surface area contributed by atoms with E-state index in [1.807, 2.05) is 0 Å². The van der Waals surface area contributed by atoms with E-state index in [2.05, 4.69) is 46.4 Å². The molecule has 0 bridgehead atoms. The zero-order valence-electron chi connectivity index (χ0n) is 38.1. The van der Waals surface area contributed by atoms with E-state index in [0.29, 0.717) is 77.6 Å². The highest BCUT2D eigenvalue weighted by Crippen LogP contribution is 2.70. The molecule has 20 atom stereocenters. The highest BCUT2D eigenvalue weighted by molar-refractivity contribution is 7.85. The van der Waals surface area contributed by atoms with Crippen LogP contribution < -0.4 is 0 Å². The fourth-order valence-electron chi connectivity index (χ4n) is 18.6. The smallest absolute Gasteiger partial charge is 0.266 e. The third-order valence-electron chi connectivity index (χ3n) is 21.8. The number of nitrogens with zero attached hydrogens (tertiary/aromatic N) is 1. The lowest BCUT2D eigenvalue weighted by Gasteiger charge is -2.62. The van der Waals surface area contributed by atoms with Crippen LogP contribution in [0.15, 0.2) is 0 Å². The van der Waals surface area contributed by atoms with Crippen LogP contribution in [0.3, 0.4) is 0 Å². The lowest BCUT2D eigenvalue weighted by atomic mass is 9.43. The standard InChI is InChI=1S/C50H87NO7S/c1-31(37-11-13-39-45-41(17-21-49(37,39)5)47(3)19-15-35(52)27-33(47)29-43(45)54)9-7-23-51(25-26-59(56,57)58)24-8-10-32(2)38-12-14-40-46-42(18-22-50(38,40)6)48(4)20-16-36(53)28-34(48)30-44(46)55/h31-46,52-55H,7-30H2,1-6H3,(H,56,57,58)/t31-,32+,33?,34?,35-,36+,37-,38+,39?,40?,41+,42-,43+,44-,45+,46-,47+,48-,49-,50+. The number of fused-ring (bicyclic) bond motifs is 10. The van der Waals surface area contributed by atoms with Crippen LogP contribution in [0.5, 0.6) is 0 Å². The Labute approximate surface area is 359 Å². The molecule has 8 saturated carbocycles. The van der Waals surface area contributed by atoms with Crippen molar-refractivity contribution in [3.8, 4) is 0 Å². The molecule has 340 valence electrons. The molecule has 8 nitrogen and oxygen atoms in total. The van der Waals surface area contributed by atoms with Crippen LogP contribution in [0.1, 0.15) is 170 Å². The Kier molecular flexibility index (Phi) is 13.0. The SMILES string of the molecule is C[C@H](CCCN(CCC[C@H](C)[C@@H]1CCC2[C@H]3[C@H](O)CC4C[C@@H](O)CC[C@@]4(C)[C@@H]3CC[C@]21C)CCS(=O)(=O)O)[C@H]1CCC2[C@@H]3[C@@H](O)CC4C[C@H](O)CC[C@]4(C)[C@H]3CC[C@@]21C. The van der Waals surface area contributed by atoms with Crippen molar-refractivity contribution in [3.63, 3.8) is 0 Å². The summed E-state index contributed by atoms with van der Waals surface area (Å²) in [5.74, 6) is 6.16. The Hall–Kier alpha value is -0.290. The van der Waals surface area contributed by atoms with E-state index >= 15 is 0 Å². The van der Waals surface area contributed by atoms with Crippen LogP contribution in [-0.4, -0.2) is 88.1 Å². The Balaban J connectivity index is 0.845. The second-order valence-corrected chi connectivity index (χ2v) is 25.8. The van der Waals surface area contributed by atoms with Crippen molar-refractivity contribution in [3.05, 3.63) is 0 Å². The summed E-state index contributed by atoms with van der Waals surface area (Å²) in [4.78, 5) is 2.31. The maximum atomic E-state index is 11.9. The lowest BCUT2D eigenvalue weighted by Crippen LogP contribution is -2.58. The zero-order chi connectivity index (χ0) is 42.3. The molecule has 4 unspecified atom stereocenters. The number of aliphatic hydroxyl groups is 4. The maximum absolute atomic E-state index is 11.9. The van der Waals surface area contributed by atoms with Gasteiger partial charge in [-0.2, -0.15) is 8.42 Å². The molecular weight excluding hydrogens is 759 g/mol. The quantitative estimate of drug-likeness (QED) is 0.116. The molecule has 8 rings (SSSR count). The molecule has 8 aliphatic rings. The summed E-state index contributed by atoms with van der Waals surface area (Å²) in [6, 6.07) is 0. The Morgan fingerprint density at radius 1 is 0.542 bits per heavy atom. The first-order valence-electron chi connectivity index (χ1n) is 25.2. The fourth-order valence-corrected chi connectivity index (χ4v) is 19.1. The minimum Gasteiger partial charge on any atom is -0.393 e. The van der Waals surface area contributed by atoms with Gasteiger partial charge in [-0.1, -0.05) is 41.5 Å². The van der Waals surface area contributed by atoms with E-state index < -0.39 is 10.1 Å². The summed E-state index contributed by atoms with van der Waals surface area (Å²) >= 11 is 0. The van der Waals surface area contributed by atoms with Crippen LogP contribution in [-0.2, 0) is 10.1 Å². The molecule has 0 radical (unpaired) electrons. The van der Waals surface area contributed by atoms with Gasteiger partial charge >= 0.3 is 0 Å². The van der Waals surface area contributed by atoms with Gasteiger partial charge in [-0.25, -0.2) is 0 Å². The van der Waals surface area contributed by atoms with Gasteiger partial charge in [-0.05, 0) is 234 Å². The van der Waals surface area contributed by atoms with E-state index in [1.165, 1.54) is 51.4 Å². The van der Waals surface area contributed by atoms with Gasteiger partial charge in [0.1, 0.15) is 0 Å². The van der Waals surface area contributed by atoms with Crippen molar-refractivity contribution in [2.75, 3.05) is 25.4 Å². The van der Waals surface area contributed by atoms with Gasteiger partial charge in [0.25, 0.3) is 10.1 Å². The van der Waals surface area contributed by atoms with Crippen LogP contribution in [0.4, 0.5) is 0 Å². The van der Waals surface area contributed by atoms with Crippen molar-refractivity contribution in [2.45, 2.75) is 194 Å². The van der Waals surface area contributed by atoms with Crippen LogP contribution >= 0.6 is 0 Å². The molecule has 0 spiro atoms. The minimum absolute atomic E-state index is 0.201. The van der Waals surface area contributed by atoms with Crippen molar-refractivity contribution >= 4 is 10.1 Å². The molecule has 5 N–H and O–H groups in total. The molecule has 0 heterocycles. The summed E-state index contributed by atoms with van der Waals surface area (Å²) in [6.07, 6.45) is 20.7. The van der Waals surface area contributed by atoms with Crippen LogP contribution in [0, 0.1) is 92.7 Å². The summed E-state index contributed by atoms with van der Waals surface area (Å²) in [7, 11) is -4.04. The van der Waals surface area contributed by atoms with Crippen LogP contribution in [0.2, 0.25) is 0 Å². The average molecular weight is 846 g/mol. The van der Waals surface area contributed by atoms with Crippen molar-refractivity contribution in [2.24, 2.45) is 92.7 Å². The molecular formula is C50H87NO7S. The van der Waals surface area contributed by atoms with Crippen molar-refractivity contribution in [1.29, 1.82) is 0 Å². The Morgan fingerprint density at radius 2 is 0.932 bits per heavy atom. The highest BCUT2D eigenvalue weighted by atomic mass is 32.2. The lowest BCUT2D eigenvalue weighted by molar-refractivity contribution is -0.174. The van der Waals surface area contributed by atoms with E-state index in [4.69, 9.17) is 0 Å². The van der Waals surface area contributed by atoms with Gasteiger partial charge in [0, 0.05) is 6.54 Å². The summed E-state index contributed by atoms with van der Waals surface area (Å²) in [6.45, 7) is 17.1. The monoisotopic (exact) mass is 846 g/mol. The molecule has 59 heavy (non-hydrogen) atoms. The maximum Gasteiger partial charge on any atom is 0.266 e. The second-order valence-electron chi connectivity index (χ2n) is 24.3. The van der Waals surface area contributed by atoms with Gasteiger partial charge < -0.3 is 25.3 Å². The minimum atomic E-state index is -4.04. The van der Waals surface area contributed by atoms with Gasteiger partial charge in [0.05, 0.1) is 30.2 Å². The Bertz CT molecular complexity index is 1480. The van der Waals surface area contributed by atoms with Gasteiger partial charge in [0.2, 0.25) is 0 Å². The van der Waals surface area contributed by atoms with Gasteiger partial charge in [-0.3, -0.25) is 4.55 Å². The Morgan fingerprint density at radius 3 is 1.34 bits per heavy atom. The first-order chi connectivity index (χ1) is 27.8. The highest BCUT2D eigenvalue weighted by Gasteiger charge is 2.64. The van der Waals surface area contributed by atoms with Gasteiger partial charge in [-0.15, -0.1) is 0 Å². The molecule has 9 heteroatoms. The number of rotatable bonds is 13. The summed E-state index contributed by atoms with van der Waals surface area (Å²) < 4.78 is 33.6. The molecule has 0 aromatic carbocycles. The van der Waals surface area contributed by atoms with E-state index in [1.54, 1.807) is 0 Å². The molecule has 8 aliphatic carbocycles. The third kappa shape index (κ3) is 8.21. The third-order valence-corrected chi connectivity index (χ3v) is 22.5. The number of hydrogen-bond acceptors (Lipinski definition) is 7. The predicted molar refractivity (Wildman–Crippen MR) is 235 cm³/mol. The molecule has 0 aromatic heterocycles. The average Bonchev–Trinajstić information content (AvgIpc) is 3.71. The molecule has 0 aliphatic heterocycles. The van der Waals surface area contributed by atoms with Crippen LogP contribution in [0.25, 0.3) is 0 Å². The summed E-state index contributed by atoms with van der Waals surface area (Å²) in [5.41, 5.74) is 1.00. The van der Waals surface area contributed by atoms with E-state index in [9.17, 15) is 33.4 Å². The van der Waals surface area contributed by atoms with E-state index in [-0.39, 0.29) is 51.8 Å². The normalized spacial score (nSPS) is 50.5. The molecule has 8 fully saturated rings. The largest absolute Gasteiger partial charge is 0.393 e. The zero-order valence-corrected chi connectivity index (χ0v) is 38.9. The molecule has 0 aromatic rings.